The second kappa shape index (κ2) is 12.9. The number of nitrogens with zero attached hydrogens (tertiary/aromatic N) is 3. The Morgan fingerprint density at radius 2 is 1.68 bits per heavy atom. The standard InChI is InChI=1S/C27H33F3N4S.C2H6/c1-4-14-26(3,15-5-2)24-34-22(18-9-8-10-19(17-18)27(28,29)30)23(35-24)21-13-16-31-25(33-21)32-20-11-6-7-12-20;1-2/h8-10,13,16-17,20H,4-7,11-12,14-15H2,1-3H3,(H,31,32,33);1-2H3. The molecule has 37 heavy (non-hydrogen) atoms. The van der Waals surface area contributed by atoms with E-state index in [1.54, 1.807) is 23.6 Å². The summed E-state index contributed by atoms with van der Waals surface area (Å²) in [5.41, 5.74) is 0.885. The average molecular weight is 533 g/mol. The normalized spacial score (nSPS) is 14.4. The quantitative estimate of drug-likeness (QED) is 0.298. The third-order valence-corrected chi connectivity index (χ3v) is 8.17. The Kier molecular flexibility index (Phi) is 10.1. The largest absolute Gasteiger partial charge is 0.416 e. The maximum Gasteiger partial charge on any atom is 0.416 e. The van der Waals surface area contributed by atoms with Crippen molar-refractivity contribution in [3.63, 3.8) is 0 Å². The fourth-order valence-electron chi connectivity index (χ4n) is 5.04. The lowest BCUT2D eigenvalue weighted by molar-refractivity contribution is -0.137. The fourth-order valence-corrected chi connectivity index (χ4v) is 6.30. The molecule has 0 atom stereocenters. The van der Waals surface area contributed by atoms with Crippen molar-refractivity contribution < 1.29 is 13.2 Å². The van der Waals surface area contributed by atoms with Gasteiger partial charge in [0, 0.05) is 23.2 Å². The molecule has 0 amide bonds. The Hall–Kier alpha value is -2.48. The van der Waals surface area contributed by atoms with Crippen molar-refractivity contribution in [1.29, 1.82) is 0 Å². The molecular formula is C29H39F3N4S. The molecule has 0 saturated heterocycles. The van der Waals surface area contributed by atoms with Crippen molar-refractivity contribution >= 4 is 17.3 Å². The molecule has 4 nitrogen and oxygen atoms in total. The van der Waals surface area contributed by atoms with E-state index < -0.39 is 11.7 Å². The SMILES string of the molecule is CC.CCCC(C)(CCC)c1nc(-c2cccc(C(F)(F)F)c2)c(-c2ccnc(NC3CCCC3)n2)s1. The van der Waals surface area contributed by atoms with Crippen LogP contribution in [0.15, 0.2) is 36.5 Å². The first-order valence-electron chi connectivity index (χ1n) is 13.5. The molecular weight excluding hydrogens is 493 g/mol. The number of aromatic nitrogens is 3. The topological polar surface area (TPSA) is 50.7 Å². The number of thiazole rings is 1. The number of hydrogen-bond donors (Lipinski definition) is 1. The van der Waals surface area contributed by atoms with Gasteiger partial charge >= 0.3 is 6.18 Å². The van der Waals surface area contributed by atoms with Crippen LogP contribution in [-0.4, -0.2) is 21.0 Å². The van der Waals surface area contributed by atoms with Crippen LogP contribution in [0.25, 0.3) is 21.8 Å². The van der Waals surface area contributed by atoms with Crippen molar-refractivity contribution in [3.05, 3.63) is 47.1 Å². The van der Waals surface area contributed by atoms with Crippen molar-refractivity contribution in [2.45, 2.75) is 104 Å². The van der Waals surface area contributed by atoms with E-state index in [0.29, 0.717) is 28.9 Å². The number of hydrogen-bond acceptors (Lipinski definition) is 5. The van der Waals surface area contributed by atoms with Crippen LogP contribution in [0.3, 0.4) is 0 Å². The van der Waals surface area contributed by atoms with E-state index in [0.717, 1.165) is 54.5 Å². The second-order valence-electron chi connectivity index (χ2n) is 9.73. The summed E-state index contributed by atoms with van der Waals surface area (Å²) in [7, 11) is 0. The Balaban J connectivity index is 0.00000186. The van der Waals surface area contributed by atoms with Gasteiger partial charge in [0.05, 0.1) is 26.8 Å². The van der Waals surface area contributed by atoms with Crippen LogP contribution in [0.4, 0.5) is 19.1 Å². The van der Waals surface area contributed by atoms with Crippen molar-refractivity contribution in [2.75, 3.05) is 5.32 Å². The number of rotatable bonds is 9. The van der Waals surface area contributed by atoms with Crippen LogP contribution >= 0.6 is 11.3 Å². The van der Waals surface area contributed by atoms with E-state index >= 15 is 0 Å². The summed E-state index contributed by atoms with van der Waals surface area (Å²) in [5.74, 6) is 0.559. The van der Waals surface area contributed by atoms with Gasteiger partial charge in [-0.15, -0.1) is 11.3 Å². The van der Waals surface area contributed by atoms with Gasteiger partial charge in [0.2, 0.25) is 5.95 Å². The maximum absolute atomic E-state index is 13.5. The summed E-state index contributed by atoms with van der Waals surface area (Å²) in [6.45, 7) is 10.5. The van der Waals surface area contributed by atoms with E-state index in [2.05, 4.69) is 31.1 Å². The number of benzene rings is 1. The van der Waals surface area contributed by atoms with E-state index in [1.807, 2.05) is 19.9 Å². The number of halogens is 3. The second-order valence-corrected chi connectivity index (χ2v) is 10.7. The molecule has 3 aromatic rings. The summed E-state index contributed by atoms with van der Waals surface area (Å²) in [6, 6.07) is 7.63. The van der Waals surface area contributed by atoms with Gasteiger partial charge in [-0.25, -0.2) is 15.0 Å². The zero-order valence-corrected chi connectivity index (χ0v) is 23.4. The van der Waals surface area contributed by atoms with Crippen molar-refractivity contribution in [1.82, 2.24) is 15.0 Å². The fraction of sp³-hybridized carbons (Fsp3) is 0.552. The van der Waals surface area contributed by atoms with Gasteiger partial charge in [-0.05, 0) is 43.9 Å². The highest BCUT2D eigenvalue weighted by molar-refractivity contribution is 7.15. The predicted octanol–water partition coefficient (Wildman–Crippen LogP) is 9.52. The van der Waals surface area contributed by atoms with E-state index in [9.17, 15) is 13.2 Å². The predicted molar refractivity (Wildman–Crippen MR) is 148 cm³/mol. The highest BCUT2D eigenvalue weighted by atomic mass is 32.1. The van der Waals surface area contributed by atoms with Crippen molar-refractivity contribution in [2.24, 2.45) is 0 Å². The third kappa shape index (κ3) is 7.09. The molecule has 202 valence electrons. The van der Waals surface area contributed by atoms with Gasteiger partial charge in [0.1, 0.15) is 0 Å². The molecule has 1 fully saturated rings. The monoisotopic (exact) mass is 532 g/mol. The Morgan fingerprint density at radius 1 is 1.00 bits per heavy atom. The lowest BCUT2D eigenvalue weighted by atomic mass is 9.82. The Labute approximate surface area is 223 Å². The first-order chi connectivity index (χ1) is 17.7. The van der Waals surface area contributed by atoms with Crippen LogP contribution in [0.5, 0.6) is 0 Å². The van der Waals surface area contributed by atoms with Gasteiger partial charge in [-0.3, -0.25) is 0 Å². The van der Waals surface area contributed by atoms with E-state index in [4.69, 9.17) is 9.97 Å². The maximum atomic E-state index is 13.5. The molecule has 1 N–H and O–H groups in total. The van der Waals surface area contributed by atoms with E-state index in [-0.39, 0.29) is 5.41 Å². The average Bonchev–Trinajstić information content (AvgIpc) is 3.56. The van der Waals surface area contributed by atoms with Gasteiger partial charge in [-0.2, -0.15) is 13.2 Å². The van der Waals surface area contributed by atoms with Gasteiger partial charge in [0.25, 0.3) is 0 Å². The molecule has 0 spiro atoms. The molecule has 1 aromatic carbocycles. The summed E-state index contributed by atoms with van der Waals surface area (Å²) < 4.78 is 40.5. The van der Waals surface area contributed by atoms with Crippen LogP contribution in [0.2, 0.25) is 0 Å². The number of nitrogens with one attached hydrogen (secondary N) is 1. The minimum absolute atomic E-state index is 0.138. The summed E-state index contributed by atoms with van der Waals surface area (Å²) in [5, 5.41) is 4.38. The molecule has 0 bridgehead atoms. The van der Waals surface area contributed by atoms with Crippen molar-refractivity contribution in [3.8, 4) is 21.8 Å². The van der Waals surface area contributed by atoms with Gasteiger partial charge in [-0.1, -0.05) is 72.4 Å². The van der Waals surface area contributed by atoms with Gasteiger partial charge in [0.15, 0.2) is 0 Å². The molecule has 4 rings (SSSR count). The van der Waals surface area contributed by atoms with Gasteiger partial charge < -0.3 is 5.32 Å². The lowest BCUT2D eigenvalue weighted by Gasteiger charge is -2.26. The molecule has 8 heteroatoms. The first kappa shape index (κ1) is 29.1. The first-order valence-corrected chi connectivity index (χ1v) is 14.3. The lowest BCUT2D eigenvalue weighted by Crippen LogP contribution is -2.21. The molecule has 2 heterocycles. The highest BCUT2D eigenvalue weighted by Gasteiger charge is 2.33. The molecule has 1 saturated carbocycles. The smallest absolute Gasteiger partial charge is 0.351 e. The van der Waals surface area contributed by atoms with Crippen LogP contribution < -0.4 is 5.32 Å². The zero-order chi connectivity index (χ0) is 27.1. The number of anilines is 1. The summed E-state index contributed by atoms with van der Waals surface area (Å²) >= 11 is 1.55. The molecule has 0 unspecified atom stereocenters. The van der Waals surface area contributed by atoms with Crippen LogP contribution in [-0.2, 0) is 11.6 Å². The third-order valence-electron chi connectivity index (χ3n) is 6.79. The molecule has 2 aromatic heterocycles. The summed E-state index contributed by atoms with van der Waals surface area (Å²) in [6.07, 6.45) is 5.84. The van der Waals surface area contributed by atoms with Crippen LogP contribution in [0, 0.1) is 0 Å². The highest BCUT2D eigenvalue weighted by Crippen LogP contribution is 2.44. The minimum Gasteiger partial charge on any atom is -0.351 e. The Bertz CT molecular complexity index is 1130. The number of alkyl halides is 3. The molecule has 1 aliphatic rings. The molecule has 1 aliphatic carbocycles. The van der Waals surface area contributed by atoms with Crippen LogP contribution in [0.1, 0.15) is 96.6 Å². The summed E-state index contributed by atoms with van der Waals surface area (Å²) in [4.78, 5) is 15.0. The molecule has 0 radical (unpaired) electrons. The van der Waals surface area contributed by atoms with E-state index in [1.165, 1.54) is 25.0 Å². The molecule has 0 aliphatic heterocycles. The minimum atomic E-state index is -4.42. The Morgan fingerprint density at radius 3 is 2.30 bits per heavy atom. The zero-order valence-electron chi connectivity index (χ0n) is 22.6.